The summed E-state index contributed by atoms with van der Waals surface area (Å²) in [5.41, 5.74) is 4.17. The van der Waals surface area contributed by atoms with Crippen molar-refractivity contribution < 1.29 is 9.53 Å². The average Bonchev–Trinajstić information content (AvgIpc) is 3.20. The van der Waals surface area contributed by atoms with E-state index in [-0.39, 0.29) is 6.03 Å². The van der Waals surface area contributed by atoms with Crippen LogP contribution in [0.4, 0.5) is 16.2 Å². The van der Waals surface area contributed by atoms with E-state index in [2.05, 4.69) is 27.5 Å². The van der Waals surface area contributed by atoms with Crippen molar-refractivity contribution in [1.29, 1.82) is 0 Å². The Balaban J connectivity index is 1.39. The van der Waals surface area contributed by atoms with Gasteiger partial charge in [-0.3, -0.25) is 0 Å². The van der Waals surface area contributed by atoms with Crippen molar-refractivity contribution in [2.75, 3.05) is 17.2 Å². The van der Waals surface area contributed by atoms with Crippen molar-refractivity contribution in [1.82, 2.24) is 9.97 Å². The van der Waals surface area contributed by atoms with E-state index in [0.717, 1.165) is 41.0 Å². The molecule has 0 aliphatic rings. The summed E-state index contributed by atoms with van der Waals surface area (Å²) < 4.78 is 5.64. The maximum Gasteiger partial charge on any atom is 0.323 e. The molecule has 0 bridgehead atoms. The molecule has 0 atom stereocenters. The molecule has 0 unspecified atom stereocenters. The number of aromatic nitrogens is 2. The maximum absolute atomic E-state index is 12.4. The second kappa shape index (κ2) is 9.13. The number of aromatic amines is 1. The number of amides is 2. The lowest BCUT2D eigenvalue weighted by Crippen LogP contribution is -2.19. The predicted molar refractivity (Wildman–Crippen MR) is 121 cm³/mol. The third-order valence-electron chi connectivity index (χ3n) is 4.66. The van der Waals surface area contributed by atoms with Gasteiger partial charge in [0.2, 0.25) is 0 Å². The fourth-order valence-electron chi connectivity index (χ4n) is 3.10. The topological polar surface area (TPSA) is 79.0 Å². The standard InChI is InChI=1S/C24H24N4O2/c1-2-3-15-30-20-13-11-18(12-14-20)25-24(29)26-19-8-6-7-17(16-19)23-27-21-9-4-5-10-22(21)28-23/h4-14,16H,2-3,15H2,1H3,(H,27,28)(H2,25,26,29). The number of hydrogen-bond donors (Lipinski definition) is 3. The molecule has 4 rings (SSSR count). The first kappa shape index (κ1) is 19.5. The number of rotatable bonds is 7. The predicted octanol–water partition coefficient (Wildman–Crippen LogP) is 6.05. The maximum atomic E-state index is 12.4. The summed E-state index contributed by atoms with van der Waals surface area (Å²) in [6.45, 7) is 2.83. The minimum atomic E-state index is -0.309. The minimum Gasteiger partial charge on any atom is -0.494 e. The van der Waals surface area contributed by atoms with E-state index in [1.54, 1.807) is 0 Å². The van der Waals surface area contributed by atoms with Crippen LogP contribution in [-0.2, 0) is 0 Å². The molecule has 4 aromatic rings. The lowest BCUT2D eigenvalue weighted by molar-refractivity contribution is 0.262. The number of imidazole rings is 1. The van der Waals surface area contributed by atoms with Gasteiger partial charge in [0.05, 0.1) is 17.6 Å². The van der Waals surface area contributed by atoms with Gasteiger partial charge in [0, 0.05) is 16.9 Å². The Morgan fingerprint density at radius 1 is 0.967 bits per heavy atom. The number of para-hydroxylation sites is 2. The van der Waals surface area contributed by atoms with Crippen LogP contribution in [0.2, 0.25) is 0 Å². The highest BCUT2D eigenvalue weighted by Crippen LogP contribution is 2.23. The molecule has 0 saturated carbocycles. The lowest BCUT2D eigenvalue weighted by Gasteiger charge is -2.10. The first-order chi connectivity index (χ1) is 14.7. The molecule has 1 heterocycles. The molecule has 0 radical (unpaired) electrons. The van der Waals surface area contributed by atoms with Crippen LogP contribution in [0.5, 0.6) is 5.75 Å². The zero-order valence-corrected chi connectivity index (χ0v) is 16.8. The summed E-state index contributed by atoms with van der Waals surface area (Å²) in [6, 6.07) is 22.5. The van der Waals surface area contributed by atoms with E-state index in [1.807, 2.05) is 72.8 Å². The molecule has 0 saturated heterocycles. The number of carbonyl (C=O) groups excluding carboxylic acids is 1. The molecule has 0 fully saturated rings. The highest BCUT2D eigenvalue weighted by molar-refractivity contribution is 6.00. The number of benzene rings is 3. The number of hydrogen-bond acceptors (Lipinski definition) is 3. The van der Waals surface area contributed by atoms with Crippen molar-refractivity contribution in [3.05, 3.63) is 72.8 Å². The fourth-order valence-corrected chi connectivity index (χ4v) is 3.10. The molecule has 2 amide bonds. The van der Waals surface area contributed by atoms with Gasteiger partial charge in [0.1, 0.15) is 11.6 Å². The first-order valence-electron chi connectivity index (χ1n) is 10.1. The molecule has 6 nitrogen and oxygen atoms in total. The van der Waals surface area contributed by atoms with Crippen molar-refractivity contribution >= 4 is 28.4 Å². The molecule has 1 aromatic heterocycles. The summed E-state index contributed by atoms with van der Waals surface area (Å²) >= 11 is 0. The van der Waals surface area contributed by atoms with Gasteiger partial charge in [-0.15, -0.1) is 0 Å². The van der Waals surface area contributed by atoms with E-state index in [4.69, 9.17) is 4.74 Å². The van der Waals surface area contributed by atoms with Crippen LogP contribution in [0.25, 0.3) is 22.4 Å². The van der Waals surface area contributed by atoms with Gasteiger partial charge in [0.15, 0.2) is 0 Å². The fraction of sp³-hybridized carbons (Fsp3) is 0.167. The molecular weight excluding hydrogens is 376 g/mol. The van der Waals surface area contributed by atoms with Gasteiger partial charge >= 0.3 is 6.03 Å². The van der Waals surface area contributed by atoms with E-state index in [9.17, 15) is 4.79 Å². The molecule has 152 valence electrons. The number of nitrogens with zero attached hydrogens (tertiary/aromatic N) is 1. The number of H-pyrrole nitrogens is 1. The van der Waals surface area contributed by atoms with Gasteiger partial charge < -0.3 is 20.4 Å². The van der Waals surface area contributed by atoms with Crippen LogP contribution in [0.3, 0.4) is 0 Å². The molecule has 0 spiro atoms. The Labute approximate surface area is 175 Å². The third kappa shape index (κ3) is 4.78. The first-order valence-corrected chi connectivity index (χ1v) is 10.1. The molecular formula is C24H24N4O2. The Morgan fingerprint density at radius 2 is 1.77 bits per heavy atom. The van der Waals surface area contributed by atoms with E-state index in [1.165, 1.54) is 0 Å². The smallest absolute Gasteiger partial charge is 0.323 e. The Morgan fingerprint density at radius 3 is 2.57 bits per heavy atom. The molecule has 3 N–H and O–H groups in total. The summed E-state index contributed by atoms with van der Waals surface area (Å²) in [5.74, 6) is 1.56. The van der Waals surface area contributed by atoms with Crippen LogP contribution in [0.1, 0.15) is 19.8 Å². The Kier molecular flexibility index (Phi) is 5.94. The Bertz CT molecular complexity index is 1100. The van der Waals surface area contributed by atoms with Crippen LogP contribution < -0.4 is 15.4 Å². The monoisotopic (exact) mass is 400 g/mol. The number of carbonyl (C=O) groups is 1. The second-order valence-corrected chi connectivity index (χ2v) is 6.99. The number of fused-ring (bicyclic) bond motifs is 1. The average molecular weight is 400 g/mol. The zero-order chi connectivity index (χ0) is 20.8. The number of nitrogens with one attached hydrogen (secondary N) is 3. The SMILES string of the molecule is CCCCOc1ccc(NC(=O)Nc2cccc(-c3nc4ccccc4[nH]3)c2)cc1. The molecule has 0 aliphatic carbocycles. The summed E-state index contributed by atoms with van der Waals surface area (Å²) in [6.07, 6.45) is 2.12. The summed E-state index contributed by atoms with van der Waals surface area (Å²) in [7, 11) is 0. The van der Waals surface area contributed by atoms with Gasteiger partial charge in [-0.1, -0.05) is 37.6 Å². The number of anilines is 2. The third-order valence-corrected chi connectivity index (χ3v) is 4.66. The van der Waals surface area contributed by atoms with Crippen LogP contribution in [0.15, 0.2) is 72.8 Å². The summed E-state index contributed by atoms with van der Waals surface area (Å²) in [5, 5.41) is 5.70. The van der Waals surface area contributed by atoms with Crippen LogP contribution in [-0.4, -0.2) is 22.6 Å². The largest absolute Gasteiger partial charge is 0.494 e. The van der Waals surface area contributed by atoms with E-state index in [0.29, 0.717) is 18.0 Å². The van der Waals surface area contributed by atoms with Crippen molar-refractivity contribution in [2.24, 2.45) is 0 Å². The van der Waals surface area contributed by atoms with Crippen molar-refractivity contribution in [2.45, 2.75) is 19.8 Å². The van der Waals surface area contributed by atoms with Gasteiger partial charge in [-0.2, -0.15) is 0 Å². The molecule has 6 heteroatoms. The quantitative estimate of drug-likeness (QED) is 0.330. The molecule has 0 aliphatic heterocycles. The minimum absolute atomic E-state index is 0.309. The van der Waals surface area contributed by atoms with Gasteiger partial charge in [0.25, 0.3) is 0 Å². The van der Waals surface area contributed by atoms with Crippen LogP contribution >= 0.6 is 0 Å². The van der Waals surface area contributed by atoms with Gasteiger partial charge in [-0.25, -0.2) is 9.78 Å². The zero-order valence-electron chi connectivity index (χ0n) is 16.8. The van der Waals surface area contributed by atoms with E-state index < -0.39 is 0 Å². The molecule has 30 heavy (non-hydrogen) atoms. The highest BCUT2D eigenvalue weighted by Gasteiger charge is 2.08. The van der Waals surface area contributed by atoms with Crippen molar-refractivity contribution in [3.8, 4) is 17.1 Å². The van der Waals surface area contributed by atoms with Gasteiger partial charge in [-0.05, 0) is 55.0 Å². The van der Waals surface area contributed by atoms with Crippen molar-refractivity contribution in [3.63, 3.8) is 0 Å². The number of ether oxygens (including phenoxy) is 1. The molecule has 3 aromatic carbocycles. The number of urea groups is 1. The number of unbranched alkanes of at least 4 members (excludes halogenated alkanes) is 1. The van der Waals surface area contributed by atoms with E-state index >= 15 is 0 Å². The Hall–Kier alpha value is -3.80. The highest BCUT2D eigenvalue weighted by atomic mass is 16.5. The van der Waals surface area contributed by atoms with Crippen LogP contribution in [0, 0.1) is 0 Å². The lowest BCUT2D eigenvalue weighted by atomic mass is 10.2. The second-order valence-electron chi connectivity index (χ2n) is 6.99. The summed E-state index contributed by atoms with van der Waals surface area (Å²) in [4.78, 5) is 20.3. The normalized spacial score (nSPS) is 10.7.